The summed E-state index contributed by atoms with van der Waals surface area (Å²) in [5, 5.41) is 0. The summed E-state index contributed by atoms with van der Waals surface area (Å²) in [6, 6.07) is 8.93. The van der Waals surface area contributed by atoms with E-state index in [4.69, 9.17) is 0 Å². The van der Waals surface area contributed by atoms with Gasteiger partial charge in [-0.15, -0.1) is 0 Å². The van der Waals surface area contributed by atoms with Gasteiger partial charge >= 0.3 is 0 Å². The van der Waals surface area contributed by atoms with Crippen molar-refractivity contribution in [3.63, 3.8) is 0 Å². The fraction of sp³-hybridized carbons (Fsp3) is 0.308. The van der Waals surface area contributed by atoms with Crippen molar-refractivity contribution in [2.45, 2.75) is 52.4 Å². The van der Waals surface area contributed by atoms with Crippen molar-refractivity contribution in [1.29, 1.82) is 0 Å². The monoisotopic (exact) mass is 340 g/mol. The van der Waals surface area contributed by atoms with E-state index in [0.29, 0.717) is 0 Å². The molecule has 0 nitrogen and oxygen atoms in total. The second-order valence-electron chi connectivity index (χ2n) is 7.84. The largest absolute Gasteiger partial charge is 0.0730 e. The standard InChI is InChI=1S/C26H28/c1-19-3-7-21(8-4-19)23-11-15-25(16-12-23)26-17-13-24(14-18-26)22-9-5-20(2)6-10-22/h3-5,7-9,11,13,15,17H,6,10,12,14,16,18H2,1-2H3. The zero-order valence-electron chi connectivity index (χ0n) is 16.0. The third kappa shape index (κ3) is 3.75. The molecule has 0 fully saturated rings. The Balaban J connectivity index is 1.50. The topological polar surface area (TPSA) is 0 Å². The summed E-state index contributed by atoms with van der Waals surface area (Å²) in [6.07, 6.45) is 21.2. The van der Waals surface area contributed by atoms with Crippen LogP contribution in [0.5, 0.6) is 0 Å². The molecule has 0 saturated carbocycles. The smallest absolute Gasteiger partial charge is 0.0224 e. The molecule has 0 spiro atoms. The molecule has 132 valence electrons. The maximum Gasteiger partial charge on any atom is -0.0224 e. The predicted octanol–water partition coefficient (Wildman–Crippen LogP) is 7.41. The molecule has 4 rings (SSSR count). The lowest BCUT2D eigenvalue weighted by Gasteiger charge is -2.22. The molecule has 0 unspecified atom stereocenters. The molecular formula is C26H28. The Kier molecular flexibility index (Phi) is 4.93. The maximum atomic E-state index is 2.38. The Morgan fingerprint density at radius 3 is 1.31 bits per heavy atom. The molecular weight excluding hydrogens is 312 g/mol. The van der Waals surface area contributed by atoms with Crippen LogP contribution in [0.3, 0.4) is 0 Å². The number of aryl methyl sites for hydroxylation is 1. The predicted molar refractivity (Wildman–Crippen MR) is 113 cm³/mol. The van der Waals surface area contributed by atoms with E-state index in [1.165, 1.54) is 65.5 Å². The maximum absolute atomic E-state index is 2.38. The van der Waals surface area contributed by atoms with E-state index >= 15 is 0 Å². The minimum absolute atomic E-state index is 1.15. The van der Waals surface area contributed by atoms with Crippen LogP contribution in [-0.2, 0) is 0 Å². The molecule has 0 aromatic heterocycles. The Morgan fingerprint density at radius 1 is 0.462 bits per heavy atom. The summed E-state index contributed by atoms with van der Waals surface area (Å²) < 4.78 is 0. The first-order valence-corrected chi connectivity index (χ1v) is 9.92. The fourth-order valence-electron chi connectivity index (χ4n) is 4.09. The number of benzene rings is 1. The first-order valence-electron chi connectivity index (χ1n) is 9.92. The van der Waals surface area contributed by atoms with Crippen LogP contribution in [-0.4, -0.2) is 0 Å². The van der Waals surface area contributed by atoms with Crippen LogP contribution >= 0.6 is 0 Å². The molecule has 26 heavy (non-hydrogen) atoms. The first-order chi connectivity index (χ1) is 12.7. The van der Waals surface area contributed by atoms with Crippen LogP contribution in [0.2, 0.25) is 0 Å². The van der Waals surface area contributed by atoms with Gasteiger partial charge in [-0.3, -0.25) is 0 Å². The minimum Gasteiger partial charge on any atom is -0.0730 e. The molecule has 0 radical (unpaired) electrons. The minimum atomic E-state index is 1.15. The lowest BCUT2D eigenvalue weighted by Crippen LogP contribution is -2.03. The number of hydrogen-bond donors (Lipinski definition) is 0. The second kappa shape index (κ2) is 7.50. The molecule has 0 saturated heterocycles. The van der Waals surface area contributed by atoms with Crippen molar-refractivity contribution in [1.82, 2.24) is 0 Å². The van der Waals surface area contributed by atoms with E-state index in [2.05, 4.69) is 74.6 Å². The number of rotatable bonds is 3. The van der Waals surface area contributed by atoms with Crippen molar-refractivity contribution >= 4 is 5.57 Å². The van der Waals surface area contributed by atoms with Crippen LogP contribution in [0.1, 0.15) is 56.6 Å². The Morgan fingerprint density at radius 2 is 0.885 bits per heavy atom. The van der Waals surface area contributed by atoms with Gasteiger partial charge < -0.3 is 0 Å². The van der Waals surface area contributed by atoms with Gasteiger partial charge in [-0.25, -0.2) is 0 Å². The van der Waals surface area contributed by atoms with E-state index in [-0.39, 0.29) is 0 Å². The molecule has 1 aromatic carbocycles. The van der Waals surface area contributed by atoms with E-state index in [1.807, 2.05) is 0 Å². The molecule has 0 amide bonds. The van der Waals surface area contributed by atoms with Gasteiger partial charge in [-0.05, 0) is 85.8 Å². The first kappa shape index (κ1) is 17.1. The molecule has 1 aromatic rings. The molecule has 0 N–H and O–H groups in total. The van der Waals surface area contributed by atoms with Crippen LogP contribution in [0, 0.1) is 6.92 Å². The average Bonchev–Trinajstić information content (AvgIpc) is 2.70. The molecule has 0 heteroatoms. The highest BCUT2D eigenvalue weighted by Gasteiger charge is 2.16. The van der Waals surface area contributed by atoms with Crippen molar-refractivity contribution < 1.29 is 0 Å². The molecule has 0 heterocycles. The SMILES string of the molecule is CC1=CC=C(C2=CC=C(C3=CC=C(c4ccc(C)cc4)CC3)CC2)CC1. The van der Waals surface area contributed by atoms with Gasteiger partial charge in [0.05, 0.1) is 0 Å². The zero-order chi connectivity index (χ0) is 17.9. The van der Waals surface area contributed by atoms with E-state index < -0.39 is 0 Å². The van der Waals surface area contributed by atoms with Gasteiger partial charge in [-0.1, -0.05) is 71.9 Å². The van der Waals surface area contributed by atoms with E-state index in [1.54, 1.807) is 11.1 Å². The zero-order valence-corrected chi connectivity index (χ0v) is 16.0. The summed E-state index contributed by atoms with van der Waals surface area (Å²) in [5.41, 5.74) is 11.8. The highest BCUT2D eigenvalue weighted by atomic mass is 14.2. The third-order valence-electron chi connectivity index (χ3n) is 5.90. The van der Waals surface area contributed by atoms with Crippen molar-refractivity contribution in [2.24, 2.45) is 0 Å². The highest BCUT2D eigenvalue weighted by molar-refractivity contribution is 5.70. The summed E-state index contributed by atoms with van der Waals surface area (Å²) in [6.45, 7) is 4.38. The lowest BCUT2D eigenvalue weighted by atomic mass is 9.83. The molecule has 3 aliphatic carbocycles. The molecule has 0 atom stereocenters. The third-order valence-corrected chi connectivity index (χ3v) is 5.90. The van der Waals surface area contributed by atoms with E-state index in [9.17, 15) is 0 Å². The van der Waals surface area contributed by atoms with Crippen LogP contribution in [0.15, 0.2) is 88.6 Å². The molecule has 0 bridgehead atoms. The van der Waals surface area contributed by atoms with E-state index in [0.717, 1.165) is 6.42 Å². The van der Waals surface area contributed by atoms with Gasteiger partial charge in [0.25, 0.3) is 0 Å². The normalized spacial score (nSPS) is 20.4. The average molecular weight is 341 g/mol. The van der Waals surface area contributed by atoms with Crippen molar-refractivity contribution in [2.75, 3.05) is 0 Å². The second-order valence-corrected chi connectivity index (χ2v) is 7.84. The summed E-state index contributed by atoms with van der Waals surface area (Å²) in [7, 11) is 0. The van der Waals surface area contributed by atoms with Crippen molar-refractivity contribution in [3.05, 3.63) is 99.7 Å². The molecule has 3 aliphatic rings. The van der Waals surface area contributed by atoms with Crippen LogP contribution in [0.4, 0.5) is 0 Å². The van der Waals surface area contributed by atoms with Gasteiger partial charge in [-0.2, -0.15) is 0 Å². The summed E-state index contributed by atoms with van der Waals surface area (Å²) >= 11 is 0. The van der Waals surface area contributed by atoms with Crippen LogP contribution in [0.25, 0.3) is 5.57 Å². The number of allylic oxidation sites excluding steroid dienone is 12. The highest BCUT2D eigenvalue weighted by Crippen LogP contribution is 2.36. The van der Waals surface area contributed by atoms with Gasteiger partial charge in [0.15, 0.2) is 0 Å². The Bertz CT molecular complexity index is 876. The summed E-state index contributed by atoms with van der Waals surface area (Å²) in [5.74, 6) is 0. The van der Waals surface area contributed by atoms with Gasteiger partial charge in [0.1, 0.15) is 0 Å². The van der Waals surface area contributed by atoms with Gasteiger partial charge in [0, 0.05) is 0 Å². The number of hydrogen-bond acceptors (Lipinski definition) is 0. The quantitative estimate of drug-likeness (QED) is 0.537. The van der Waals surface area contributed by atoms with Crippen molar-refractivity contribution in [3.8, 4) is 0 Å². The lowest BCUT2D eigenvalue weighted by molar-refractivity contribution is 0.841. The van der Waals surface area contributed by atoms with Crippen LogP contribution < -0.4 is 0 Å². The Labute approximate surface area is 158 Å². The van der Waals surface area contributed by atoms with Gasteiger partial charge in [0.2, 0.25) is 0 Å². The summed E-state index contributed by atoms with van der Waals surface area (Å²) in [4.78, 5) is 0. The fourth-order valence-corrected chi connectivity index (χ4v) is 4.09. The molecule has 0 aliphatic heterocycles. The Hall–Kier alpha value is -2.34.